The van der Waals surface area contributed by atoms with E-state index in [2.05, 4.69) is 20.5 Å². The van der Waals surface area contributed by atoms with Gasteiger partial charge in [0.15, 0.2) is 34.6 Å². The monoisotopic (exact) mass is 685 g/mol. The molecule has 0 radical (unpaired) electrons. The standard InChI is InChI=1S/C35H32FN5O9/c1-45-30-17-23-26(18-32(30)47-12-2-9-40-10-13-46-14-11-40)37-8-7-27(23)50-28-5-3-21(15-25(28)36)38-19-24-33(42)39-35(44)41(34(24)43)22-4-6-29-31(16-22)49-20-48-29/h3-8,15-19,38H,2,9-14,20H2,1H3,(H,39,42,44)/b24-19+. The number of nitrogens with zero attached hydrogens (tertiary/aromatic N) is 3. The number of aromatic nitrogens is 1. The Hall–Kier alpha value is -5.93. The van der Waals surface area contributed by atoms with Crippen molar-refractivity contribution in [2.45, 2.75) is 6.42 Å². The zero-order valence-electron chi connectivity index (χ0n) is 26.9. The van der Waals surface area contributed by atoms with Crippen molar-refractivity contribution in [1.82, 2.24) is 15.2 Å². The molecule has 0 atom stereocenters. The van der Waals surface area contributed by atoms with Crippen LogP contribution in [-0.4, -0.2) is 81.1 Å². The van der Waals surface area contributed by atoms with E-state index in [0.29, 0.717) is 46.3 Å². The quantitative estimate of drug-likeness (QED) is 0.129. The summed E-state index contributed by atoms with van der Waals surface area (Å²) in [5.41, 5.74) is 0.583. The van der Waals surface area contributed by atoms with Gasteiger partial charge in [-0.1, -0.05) is 0 Å². The average Bonchev–Trinajstić information content (AvgIpc) is 3.59. The number of amides is 4. The first-order valence-electron chi connectivity index (χ1n) is 15.8. The summed E-state index contributed by atoms with van der Waals surface area (Å²) in [4.78, 5) is 46.0. The summed E-state index contributed by atoms with van der Waals surface area (Å²) in [7, 11) is 1.54. The van der Waals surface area contributed by atoms with Crippen LogP contribution in [0.3, 0.4) is 0 Å². The van der Waals surface area contributed by atoms with Gasteiger partial charge in [-0.3, -0.25) is 24.8 Å². The molecule has 0 spiro atoms. The molecule has 4 heterocycles. The van der Waals surface area contributed by atoms with Gasteiger partial charge < -0.3 is 33.7 Å². The highest BCUT2D eigenvalue weighted by molar-refractivity contribution is 6.37. The number of carbonyl (C=O) groups excluding carboxylic acids is 3. The maximum atomic E-state index is 15.3. The topological polar surface area (TPSA) is 150 Å². The number of anilines is 2. The lowest BCUT2D eigenvalue weighted by Gasteiger charge is -2.26. The van der Waals surface area contributed by atoms with E-state index in [1.54, 1.807) is 30.5 Å². The molecule has 50 heavy (non-hydrogen) atoms. The summed E-state index contributed by atoms with van der Waals surface area (Å²) < 4.78 is 48.9. The number of barbiturate groups is 1. The number of rotatable bonds is 11. The summed E-state index contributed by atoms with van der Waals surface area (Å²) in [5, 5.41) is 5.48. The van der Waals surface area contributed by atoms with Crippen LogP contribution in [0.25, 0.3) is 10.9 Å². The molecule has 2 fully saturated rings. The number of halogens is 1. The number of nitrogens with one attached hydrogen (secondary N) is 2. The zero-order chi connectivity index (χ0) is 34.6. The van der Waals surface area contributed by atoms with Crippen LogP contribution in [0, 0.1) is 5.82 Å². The molecule has 0 aliphatic carbocycles. The Morgan fingerprint density at radius 1 is 0.960 bits per heavy atom. The van der Waals surface area contributed by atoms with Gasteiger partial charge in [-0.05, 0) is 42.8 Å². The van der Waals surface area contributed by atoms with Gasteiger partial charge in [0.2, 0.25) is 6.79 Å². The van der Waals surface area contributed by atoms with Crippen LogP contribution in [-0.2, 0) is 14.3 Å². The van der Waals surface area contributed by atoms with Crippen molar-refractivity contribution in [3.8, 4) is 34.5 Å². The SMILES string of the molecule is COc1cc2c(Oc3ccc(N/C=C4\C(=O)NC(=O)N(c5ccc6c(c5)OCO6)C4=O)cc3F)ccnc2cc1OCCCN1CCOCC1. The van der Waals surface area contributed by atoms with Crippen molar-refractivity contribution in [1.29, 1.82) is 0 Å². The number of hydrogen-bond donors (Lipinski definition) is 2. The first-order chi connectivity index (χ1) is 24.4. The maximum absolute atomic E-state index is 15.3. The van der Waals surface area contributed by atoms with Gasteiger partial charge >= 0.3 is 6.03 Å². The minimum atomic E-state index is -0.923. The van der Waals surface area contributed by atoms with Crippen molar-refractivity contribution < 1.29 is 47.2 Å². The lowest BCUT2D eigenvalue weighted by molar-refractivity contribution is -0.122. The van der Waals surface area contributed by atoms with E-state index in [1.807, 2.05) is 0 Å². The summed E-state index contributed by atoms with van der Waals surface area (Å²) in [6.07, 6.45) is 3.49. The number of methoxy groups -OCH3 is 1. The minimum Gasteiger partial charge on any atom is -0.493 e. The minimum absolute atomic E-state index is 0.00760. The van der Waals surface area contributed by atoms with Gasteiger partial charge in [0.25, 0.3) is 11.8 Å². The molecule has 0 saturated carbocycles. The Balaban J connectivity index is 1.03. The van der Waals surface area contributed by atoms with E-state index in [1.165, 1.54) is 31.4 Å². The van der Waals surface area contributed by atoms with Crippen LogP contribution < -0.4 is 39.2 Å². The summed E-state index contributed by atoms with van der Waals surface area (Å²) in [5.74, 6) is -0.421. The molecule has 258 valence electrons. The Labute approximate surface area is 285 Å². The van der Waals surface area contributed by atoms with E-state index >= 15 is 4.39 Å². The van der Waals surface area contributed by atoms with Gasteiger partial charge in [-0.25, -0.2) is 14.1 Å². The largest absolute Gasteiger partial charge is 0.493 e. The molecule has 4 amide bonds. The van der Waals surface area contributed by atoms with Crippen molar-refractivity contribution in [2.24, 2.45) is 0 Å². The molecule has 2 N–H and O–H groups in total. The molecule has 0 bridgehead atoms. The van der Waals surface area contributed by atoms with Crippen LogP contribution in [0.1, 0.15) is 6.42 Å². The van der Waals surface area contributed by atoms with Crippen LogP contribution in [0.4, 0.5) is 20.6 Å². The Morgan fingerprint density at radius 3 is 2.62 bits per heavy atom. The number of morpholine rings is 1. The number of imide groups is 2. The van der Waals surface area contributed by atoms with Gasteiger partial charge in [0.1, 0.15) is 11.3 Å². The van der Waals surface area contributed by atoms with E-state index in [0.717, 1.165) is 56.4 Å². The normalized spacial score (nSPS) is 16.9. The fourth-order valence-electron chi connectivity index (χ4n) is 5.65. The number of benzene rings is 3. The maximum Gasteiger partial charge on any atom is 0.335 e. The van der Waals surface area contributed by atoms with Crippen LogP contribution >= 0.6 is 0 Å². The second-order valence-electron chi connectivity index (χ2n) is 11.4. The second kappa shape index (κ2) is 14.3. The Bertz CT molecular complexity index is 2000. The first kappa shape index (κ1) is 32.6. The number of pyridine rings is 1. The zero-order valence-corrected chi connectivity index (χ0v) is 26.9. The summed E-state index contributed by atoms with van der Waals surface area (Å²) >= 11 is 0. The highest BCUT2D eigenvalue weighted by atomic mass is 19.1. The molecule has 4 aromatic rings. The van der Waals surface area contributed by atoms with E-state index in [-0.39, 0.29) is 29.5 Å². The smallest absolute Gasteiger partial charge is 0.335 e. The van der Waals surface area contributed by atoms with Crippen molar-refractivity contribution in [3.63, 3.8) is 0 Å². The molecule has 3 aliphatic heterocycles. The summed E-state index contributed by atoms with van der Waals surface area (Å²) in [6, 6.07) is 12.7. The Kier molecular flexibility index (Phi) is 9.31. The third-order valence-electron chi connectivity index (χ3n) is 8.22. The molecule has 2 saturated heterocycles. The first-order valence-corrected chi connectivity index (χ1v) is 15.8. The van der Waals surface area contributed by atoms with E-state index < -0.39 is 23.7 Å². The molecular weight excluding hydrogens is 653 g/mol. The predicted octanol–water partition coefficient (Wildman–Crippen LogP) is 4.58. The fourth-order valence-corrected chi connectivity index (χ4v) is 5.65. The van der Waals surface area contributed by atoms with Gasteiger partial charge in [-0.2, -0.15) is 0 Å². The molecule has 15 heteroatoms. The molecule has 3 aliphatic rings. The number of hydrogen-bond acceptors (Lipinski definition) is 12. The molecule has 14 nitrogen and oxygen atoms in total. The number of urea groups is 1. The van der Waals surface area contributed by atoms with Crippen LogP contribution in [0.2, 0.25) is 0 Å². The third-order valence-corrected chi connectivity index (χ3v) is 8.22. The highest BCUT2D eigenvalue weighted by Crippen LogP contribution is 2.39. The van der Waals surface area contributed by atoms with Gasteiger partial charge in [0, 0.05) is 61.3 Å². The van der Waals surface area contributed by atoms with Gasteiger partial charge in [-0.15, -0.1) is 0 Å². The number of fused-ring (bicyclic) bond motifs is 2. The van der Waals surface area contributed by atoms with Crippen LogP contribution in [0.15, 0.2) is 72.6 Å². The van der Waals surface area contributed by atoms with Crippen molar-refractivity contribution in [3.05, 3.63) is 78.4 Å². The molecule has 7 rings (SSSR count). The lowest BCUT2D eigenvalue weighted by atomic mass is 10.1. The molecular formula is C35H32FN5O9. The lowest BCUT2D eigenvalue weighted by Crippen LogP contribution is -2.54. The predicted molar refractivity (Wildman–Crippen MR) is 177 cm³/mol. The van der Waals surface area contributed by atoms with Crippen molar-refractivity contribution in [2.75, 3.05) is 63.6 Å². The highest BCUT2D eigenvalue weighted by Gasteiger charge is 2.37. The average molecular weight is 686 g/mol. The third kappa shape index (κ3) is 6.81. The Morgan fingerprint density at radius 2 is 1.80 bits per heavy atom. The molecule has 1 aromatic heterocycles. The fraction of sp³-hybridized carbons (Fsp3) is 0.257. The van der Waals surface area contributed by atoms with E-state index in [9.17, 15) is 14.4 Å². The number of carbonyl (C=O) groups is 3. The molecule has 3 aromatic carbocycles. The molecule has 0 unspecified atom stereocenters. The summed E-state index contributed by atoms with van der Waals surface area (Å²) in [6.45, 7) is 4.72. The van der Waals surface area contributed by atoms with Crippen molar-refractivity contribution >= 4 is 40.1 Å². The van der Waals surface area contributed by atoms with Gasteiger partial charge in [0.05, 0.1) is 38.1 Å². The van der Waals surface area contributed by atoms with E-state index in [4.69, 9.17) is 28.4 Å². The second-order valence-corrected chi connectivity index (χ2v) is 11.4. The van der Waals surface area contributed by atoms with Crippen LogP contribution in [0.5, 0.6) is 34.5 Å². The number of ether oxygens (including phenoxy) is 6.